The van der Waals surface area contributed by atoms with E-state index < -0.39 is 17.4 Å². The normalized spacial score (nSPS) is 25.2. The third kappa shape index (κ3) is 3.09. The molecular formula is C25H30N4O3. The zero-order chi connectivity index (χ0) is 22.5. The average Bonchev–Trinajstić information content (AvgIpc) is 2.78. The van der Waals surface area contributed by atoms with Gasteiger partial charge in [-0.2, -0.15) is 0 Å². The zero-order valence-electron chi connectivity index (χ0n) is 18.8. The first-order valence-corrected chi connectivity index (χ1v) is 11.8. The molecular weight excluding hydrogens is 404 g/mol. The summed E-state index contributed by atoms with van der Waals surface area (Å²) in [5, 5.41) is 3.55. The molecule has 3 aliphatic rings. The monoisotopic (exact) mass is 434 g/mol. The summed E-state index contributed by atoms with van der Waals surface area (Å²) in [4.78, 5) is 48.3. The average molecular weight is 435 g/mol. The number of imide groups is 2. The van der Waals surface area contributed by atoms with E-state index in [0.29, 0.717) is 6.54 Å². The molecule has 32 heavy (non-hydrogen) atoms. The summed E-state index contributed by atoms with van der Waals surface area (Å²) < 4.78 is 0. The second-order valence-electron chi connectivity index (χ2n) is 9.44. The fourth-order valence-electron chi connectivity index (χ4n) is 5.70. The van der Waals surface area contributed by atoms with E-state index in [-0.39, 0.29) is 18.4 Å². The highest BCUT2D eigenvalue weighted by Gasteiger charge is 2.62. The number of barbiturate groups is 1. The fourth-order valence-corrected chi connectivity index (χ4v) is 5.70. The van der Waals surface area contributed by atoms with Crippen molar-refractivity contribution in [2.24, 2.45) is 5.41 Å². The molecule has 2 aromatic rings. The number of anilines is 1. The van der Waals surface area contributed by atoms with E-state index in [0.717, 1.165) is 72.9 Å². The Hall–Kier alpha value is -2.96. The molecule has 0 unspecified atom stereocenters. The largest absolute Gasteiger partial charge is 0.352 e. The van der Waals surface area contributed by atoms with E-state index in [1.54, 1.807) is 0 Å². The maximum absolute atomic E-state index is 13.9. The van der Waals surface area contributed by atoms with Crippen LogP contribution in [0.25, 0.3) is 10.9 Å². The number of pyridine rings is 1. The summed E-state index contributed by atoms with van der Waals surface area (Å²) in [7, 11) is 0. The van der Waals surface area contributed by atoms with Crippen molar-refractivity contribution in [2.45, 2.75) is 64.8 Å². The first-order valence-electron chi connectivity index (χ1n) is 11.8. The van der Waals surface area contributed by atoms with Crippen LogP contribution in [-0.2, 0) is 16.0 Å². The number of hydrogen-bond acceptors (Lipinski definition) is 5. The van der Waals surface area contributed by atoms with Gasteiger partial charge in [0.15, 0.2) is 5.41 Å². The van der Waals surface area contributed by atoms with E-state index >= 15 is 0 Å². The molecule has 0 bridgehead atoms. The summed E-state index contributed by atoms with van der Waals surface area (Å²) in [5.74, 6) is 0.0899. The molecule has 0 radical (unpaired) electrons. The van der Waals surface area contributed by atoms with Gasteiger partial charge in [0.05, 0.1) is 11.6 Å². The Labute approximate surface area is 188 Å². The number of urea groups is 1. The lowest BCUT2D eigenvalue weighted by Gasteiger charge is -2.53. The van der Waals surface area contributed by atoms with E-state index in [4.69, 9.17) is 4.98 Å². The number of hydrogen-bond donors (Lipinski definition) is 1. The highest BCUT2D eigenvalue weighted by Crippen LogP contribution is 2.47. The lowest BCUT2D eigenvalue weighted by molar-refractivity contribution is -0.154. The van der Waals surface area contributed by atoms with Gasteiger partial charge in [-0.25, -0.2) is 9.78 Å². The van der Waals surface area contributed by atoms with Gasteiger partial charge in [-0.05, 0) is 56.4 Å². The highest BCUT2D eigenvalue weighted by molar-refractivity contribution is 6.20. The van der Waals surface area contributed by atoms with Crippen LogP contribution in [0.5, 0.6) is 0 Å². The summed E-state index contributed by atoms with van der Waals surface area (Å²) in [6.45, 7) is 5.23. The highest BCUT2D eigenvalue weighted by atomic mass is 16.2. The molecule has 2 fully saturated rings. The molecule has 3 aliphatic heterocycles. The Bertz CT molecular complexity index is 1110. The van der Waals surface area contributed by atoms with Crippen LogP contribution < -0.4 is 10.2 Å². The van der Waals surface area contributed by atoms with Crippen molar-refractivity contribution >= 4 is 34.6 Å². The van der Waals surface area contributed by atoms with Crippen LogP contribution in [0, 0.1) is 12.3 Å². The Morgan fingerprint density at radius 2 is 2.00 bits per heavy atom. The van der Waals surface area contributed by atoms with Crippen molar-refractivity contribution in [3.8, 4) is 0 Å². The molecule has 5 rings (SSSR count). The summed E-state index contributed by atoms with van der Waals surface area (Å²) >= 11 is 0. The molecule has 2 saturated heterocycles. The second kappa shape index (κ2) is 7.87. The minimum absolute atomic E-state index is 0.280. The van der Waals surface area contributed by atoms with Gasteiger partial charge in [0, 0.05) is 24.9 Å². The molecule has 4 amide bonds. The minimum Gasteiger partial charge on any atom is -0.352 e. The smallest absolute Gasteiger partial charge is 0.330 e. The lowest BCUT2D eigenvalue weighted by atomic mass is 9.66. The SMILES string of the molecule is CCCCCN1C(=O)NC(=O)[C@@]2(Cc3cc4cc(C)ccc4nc3N3CCCC[C@@H]32)C1=O. The molecule has 1 aromatic carbocycles. The van der Waals surface area contributed by atoms with Crippen molar-refractivity contribution in [1.82, 2.24) is 15.2 Å². The Balaban J connectivity index is 1.62. The van der Waals surface area contributed by atoms with Crippen LogP contribution in [0.1, 0.15) is 56.6 Å². The first-order chi connectivity index (χ1) is 15.5. The number of carbonyl (C=O) groups excluding carboxylic acids is 3. The van der Waals surface area contributed by atoms with Crippen LogP contribution >= 0.6 is 0 Å². The van der Waals surface area contributed by atoms with Crippen molar-refractivity contribution < 1.29 is 14.4 Å². The predicted molar refractivity (Wildman–Crippen MR) is 122 cm³/mol. The Morgan fingerprint density at radius 1 is 1.16 bits per heavy atom. The van der Waals surface area contributed by atoms with Crippen molar-refractivity contribution in [3.63, 3.8) is 0 Å². The molecule has 2 atom stereocenters. The Morgan fingerprint density at radius 3 is 2.81 bits per heavy atom. The van der Waals surface area contributed by atoms with E-state index in [9.17, 15) is 14.4 Å². The van der Waals surface area contributed by atoms with E-state index in [1.807, 2.05) is 13.0 Å². The summed E-state index contributed by atoms with van der Waals surface area (Å²) in [6.07, 6.45) is 5.65. The van der Waals surface area contributed by atoms with Crippen molar-refractivity contribution in [3.05, 3.63) is 35.4 Å². The lowest BCUT2D eigenvalue weighted by Crippen LogP contribution is -2.72. The molecule has 1 aromatic heterocycles. The number of piperidine rings is 1. The number of rotatable bonds is 4. The van der Waals surface area contributed by atoms with Crippen LogP contribution in [0.3, 0.4) is 0 Å². The predicted octanol–water partition coefficient (Wildman–Crippen LogP) is 3.71. The second-order valence-corrected chi connectivity index (χ2v) is 9.44. The van der Waals surface area contributed by atoms with Crippen LogP contribution in [0.2, 0.25) is 0 Å². The quantitative estimate of drug-likeness (QED) is 0.586. The maximum atomic E-state index is 13.9. The van der Waals surface area contributed by atoms with Crippen molar-refractivity contribution in [2.75, 3.05) is 18.0 Å². The number of benzene rings is 1. The van der Waals surface area contributed by atoms with Gasteiger partial charge in [0.2, 0.25) is 11.8 Å². The molecule has 1 N–H and O–H groups in total. The molecule has 0 aliphatic carbocycles. The van der Waals surface area contributed by atoms with Gasteiger partial charge in [-0.15, -0.1) is 0 Å². The number of amides is 4. The molecule has 7 heteroatoms. The van der Waals surface area contributed by atoms with E-state index in [1.165, 1.54) is 4.90 Å². The molecule has 7 nitrogen and oxygen atoms in total. The van der Waals surface area contributed by atoms with Gasteiger partial charge >= 0.3 is 6.03 Å². The molecule has 0 saturated carbocycles. The first kappa shape index (κ1) is 20.9. The fraction of sp³-hybridized carbons (Fsp3) is 0.520. The number of aromatic nitrogens is 1. The van der Waals surface area contributed by atoms with Crippen LogP contribution in [-0.4, -0.2) is 46.9 Å². The number of nitrogens with one attached hydrogen (secondary N) is 1. The number of carbonyl (C=O) groups is 3. The van der Waals surface area contributed by atoms with Gasteiger partial charge in [0.1, 0.15) is 5.82 Å². The standard InChI is InChI=1S/C25H30N4O3/c1-3-4-6-12-29-23(31)25(22(30)27-24(29)32)15-18-14-17-13-16(2)9-10-19(17)26-21(18)28-11-7-5-8-20(25)28/h9-10,13-14,20H,3-8,11-12,15H2,1-2H3,(H,27,30,32)/t20-,25+/m1/s1. The van der Waals surface area contributed by atoms with Crippen molar-refractivity contribution in [1.29, 1.82) is 0 Å². The van der Waals surface area contributed by atoms with Gasteiger partial charge < -0.3 is 4.90 Å². The summed E-state index contributed by atoms with van der Waals surface area (Å²) in [6, 6.07) is 7.38. The van der Waals surface area contributed by atoms with Gasteiger partial charge in [0.25, 0.3) is 0 Å². The van der Waals surface area contributed by atoms with Gasteiger partial charge in [-0.3, -0.25) is 19.8 Å². The zero-order valence-corrected chi connectivity index (χ0v) is 18.8. The third-order valence-electron chi connectivity index (χ3n) is 7.32. The third-order valence-corrected chi connectivity index (χ3v) is 7.32. The summed E-state index contributed by atoms with van der Waals surface area (Å²) in [5.41, 5.74) is 1.69. The Kier molecular flexibility index (Phi) is 5.14. The van der Waals surface area contributed by atoms with Crippen LogP contribution in [0.15, 0.2) is 24.3 Å². The topological polar surface area (TPSA) is 82.6 Å². The maximum Gasteiger partial charge on any atom is 0.330 e. The minimum atomic E-state index is -1.28. The van der Waals surface area contributed by atoms with Crippen LogP contribution in [0.4, 0.5) is 10.6 Å². The number of aryl methyl sites for hydroxylation is 1. The van der Waals surface area contributed by atoms with Gasteiger partial charge in [-0.1, -0.05) is 31.4 Å². The number of fused-ring (bicyclic) bond motifs is 5. The van der Waals surface area contributed by atoms with E-state index in [2.05, 4.69) is 35.3 Å². The molecule has 4 heterocycles. The number of nitrogens with zero attached hydrogens (tertiary/aromatic N) is 3. The number of unbranched alkanes of at least 4 members (excludes halogenated alkanes) is 2. The molecule has 1 spiro atoms. The molecule has 168 valence electrons.